The number of carbonyl (C=O) groups excluding carboxylic acids is 1. The molecule has 2 aromatic carbocycles. The maximum Gasteiger partial charge on any atom is 0.255 e. The molecule has 4 aromatic rings. The number of nitrogens with one attached hydrogen (secondary N) is 2. The zero-order valence-electron chi connectivity index (χ0n) is 21.2. The molecule has 0 saturated heterocycles. The molecule has 4 N–H and O–H groups in total. The molecule has 1 amide bonds. The summed E-state index contributed by atoms with van der Waals surface area (Å²) in [4.78, 5) is 18.2. The van der Waals surface area contributed by atoms with Gasteiger partial charge in [0.25, 0.3) is 5.91 Å². The SMILES string of the molecule is CC(C)c1ccc(-c2nc3c(C(=O)NCc4cccc(CN)c4)cccn3c2NC(C)(C)C)cc1. The van der Waals surface area contributed by atoms with Gasteiger partial charge in [-0.15, -0.1) is 0 Å². The van der Waals surface area contributed by atoms with Gasteiger partial charge < -0.3 is 16.4 Å². The molecule has 6 heteroatoms. The molecule has 0 spiro atoms. The normalized spacial score (nSPS) is 11.7. The van der Waals surface area contributed by atoms with Crippen molar-refractivity contribution in [2.24, 2.45) is 5.73 Å². The molecule has 0 bridgehead atoms. The van der Waals surface area contributed by atoms with Gasteiger partial charge >= 0.3 is 0 Å². The number of fused-ring (bicyclic) bond motifs is 1. The average molecular weight is 470 g/mol. The van der Waals surface area contributed by atoms with Gasteiger partial charge in [0.05, 0.1) is 5.56 Å². The predicted octanol–water partition coefficient (Wildman–Crippen LogP) is 5.72. The fraction of sp³-hybridized carbons (Fsp3) is 0.310. The lowest BCUT2D eigenvalue weighted by atomic mass is 10.0. The minimum Gasteiger partial charge on any atom is -0.365 e. The molecule has 6 nitrogen and oxygen atoms in total. The molecule has 4 rings (SSSR count). The maximum absolute atomic E-state index is 13.2. The Hall–Kier alpha value is -3.64. The summed E-state index contributed by atoms with van der Waals surface area (Å²) in [5, 5.41) is 6.64. The van der Waals surface area contributed by atoms with Crippen molar-refractivity contribution in [3.8, 4) is 11.3 Å². The smallest absolute Gasteiger partial charge is 0.255 e. The third kappa shape index (κ3) is 5.54. The van der Waals surface area contributed by atoms with Crippen LogP contribution in [-0.2, 0) is 13.1 Å². The summed E-state index contributed by atoms with van der Waals surface area (Å²) >= 11 is 0. The second-order valence-corrected chi connectivity index (χ2v) is 10.3. The highest BCUT2D eigenvalue weighted by atomic mass is 16.1. The molecule has 2 aromatic heterocycles. The molecule has 0 aliphatic carbocycles. The number of nitrogens with zero attached hydrogens (tertiary/aromatic N) is 2. The van der Waals surface area contributed by atoms with E-state index in [1.807, 2.05) is 47.0 Å². The van der Waals surface area contributed by atoms with Crippen LogP contribution in [0, 0.1) is 0 Å². The monoisotopic (exact) mass is 469 g/mol. The molecule has 0 saturated carbocycles. The molecule has 0 fully saturated rings. The molecular weight excluding hydrogens is 434 g/mol. The molecule has 0 unspecified atom stereocenters. The Morgan fingerprint density at radius 1 is 1.03 bits per heavy atom. The van der Waals surface area contributed by atoms with Gasteiger partial charge in [0.1, 0.15) is 11.5 Å². The summed E-state index contributed by atoms with van der Waals surface area (Å²) < 4.78 is 1.97. The Morgan fingerprint density at radius 3 is 2.40 bits per heavy atom. The maximum atomic E-state index is 13.2. The Labute approximate surface area is 207 Å². The van der Waals surface area contributed by atoms with E-state index in [1.54, 1.807) is 0 Å². The topological polar surface area (TPSA) is 84.5 Å². The Balaban J connectivity index is 1.72. The minimum absolute atomic E-state index is 0.164. The van der Waals surface area contributed by atoms with Crippen molar-refractivity contribution in [3.05, 3.63) is 89.1 Å². The van der Waals surface area contributed by atoms with Crippen molar-refractivity contribution in [1.29, 1.82) is 0 Å². The van der Waals surface area contributed by atoms with E-state index in [0.717, 1.165) is 28.2 Å². The average Bonchev–Trinajstić information content (AvgIpc) is 3.19. The van der Waals surface area contributed by atoms with Crippen molar-refractivity contribution >= 4 is 17.4 Å². The summed E-state index contributed by atoms with van der Waals surface area (Å²) in [6.45, 7) is 11.6. The van der Waals surface area contributed by atoms with Crippen LogP contribution < -0.4 is 16.4 Å². The van der Waals surface area contributed by atoms with Gasteiger partial charge in [-0.05, 0) is 55.5 Å². The lowest BCUT2D eigenvalue weighted by molar-refractivity contribution is 0.0952. The summed E-state index contributed by atoms with van der Waals surface area (Å²) in [5.74, 6) is 1.16. The van der Waals surface area contributed by atoms with E-state index in [9.17, 15) is 4.79 Å². The van der Waals surface area contributed by atoms with Gasteiger partial charge in [0.2, 0.25) is 0 Å². The quantitative estimate of drug-likeness (QED) is 0.323. The number of imidazole rings is 1. The molecule has 0 aliphatic rings. The molecule has 182 valence electrons. The molecule has 2 heterocycles. The van der Waals surface area contributed by atoms with Gasteiger partial charge in [-0.1, -0.05) is 62.4 Å². The predicted molar refractivity (Wildman–Crippen MR) is 144 cm³/mol. The van der Waals surface area contributed by atoms with Crippen molar-refractivity contribution < 1.29 is 4.79 Å². The number of amides is 1. The summed E-state index contributed by atoms with van der Waals surface area (Å²) in [6.07, 6.45) is 1.95. The number of nitrogens with two attached hydrogens (primary N) is 1. The lowest BCUT2D eigenvalue weighted by Gasteiger charge is -2.22. The van der Waals surface area contributed by atoms with Crippen LogP contribution in [0.5, 0.6) is 0 Å². The van der Waals surface area contributed by atoms with Crippen LogP contribution in [0.3, 0.4) is 0 Å². The van der Waals surface area contributed by atoms with Crippen LogP contribution in [0.2, 0.25) is 0 Å². The first-order valence-electron chi connectivity index (χ1n) is 12.1. The Bertz CT molecular complexity index is 1330. The van der Waals surface area contributed by atoms with Crippen LogP contribution in [0.1, 0.15) is 67.6 Å². The van der Waals surface area contributed by atoms with Crippen molar-refractivity contribution in [3.63, 3.8) is 0 Å². The minimum atomic E-state index is -0.186. The zero-order valence-corrected chi connectivity index (χ0v) is 21.2. The van der Waals surface area contributed by atoms with Gasteiger partial charge in [0.15, 0.2) is 5.65 Å². The summed E-state index contributed by atoms with van der Waals surface area (Å²) in [5.41, 5.74) is 11.9. The van der Waals surface area contributed by atoms with Gasteiger partial charge in [-0.3, -0.25) is 9.20 Å². The van der Waals surface area contributed by atoms with Crippen LogP contribution in [0.4, 0.5) is 5.82 Å². The van der Waals surface area contributed by atoms with Crippen LogP contribution in [0.25, 0.3) is 16.9 Å². The van der Waals surface area contributed by atoms with Crippen LogP contribution in [0.15, 0.2) is 66.9 Å². The largest absolute Gasteiger partial charge is 0.365 e. The van der Waals surface area contributed by atoms with E-state index in [4.69, 9.17) is 10.7 Å². The van der Waals surface area contributed by atoms with E-state index in [-0.39, 0.29) is 11.4 Å². The number of hydrogen-bond donors (Lipinski definition) is 3. The van der Waals surface area contributed by atoms with Crippen molar-refractivity contribution in [2.45, 2.75) is 59.2 Å². The molecule has 0 atom stereocenters. The molecular formula is C29H35N5O. The van der Waals surface area contributed by atoms with Gasteiger partial charge in [0, 0.05) is 30.4 Å². The van der Waals surface area contributed by atoms with Crippen LogP contribution in [-0.4, -0.2) is 20.8 Å². The second kappa shape index (κ2) is 9.92. The van der Waals surface area contributed by atoms with E-state index < -0.39 is 0 Å². The van der Waals surface area contributed by atoms with E-state index in [0.29, 0.717) is 30.2 Å². The summed E-state index contributed by atoms with van der Waals surface area (Å²) in [6, 6.07) is 20.2. The number of anilines is 1. The van der Waals surface area contributed by atoms with Gasteiger partial charge in [-0.25, -0.2) is 4.98 Å². The van der Waals surface area contributed by atoms with Crippen LogP contribution >= 0.6 is 0 Å². The third-order valence-corrected chi connectivity index (χ3v) is 5.92. The second-order valence-electron chi connectivity index (χ2n) is 10.3. The standard InChI is InChI=1S/C29H35N5O/c1-19(2)22-11-13-23(14-12-22)25-27(33-29(3,4)5)34-15-7-10-24(26(34)32-25)28(35)31-18-21-9-6-8-20(16-21)17-30/h6-16,19,33H,17-18,30H2,1-5H3,(H,31,35). The zero-order chi connectivity index (χ0) is 25.2. The molecule has 35 heavy (non-hydrogen) atoms. The molecule has 0 radical (unpaired) electrons. The lowest BCUT2D eigenvalue weighted by Crippen LogP contribution is -2.27. The van der Waals surface area contributed by atoms with Gasteiger partial charge in [-0.2, -0.15) is 0 Å². The highest BCUT2D eigenvalue weighted by Gasteiger charge is 2.22. The number of carbonyl (C=O) groups is 1. The van der Waals surface area contributed by atoms with E-state index >= 15 is 0 Å². The third-order valence-electron chi connectivity index (χ3n) is 5.92. The first-order chi connectivity index (χ1) is 16.7. The molecule has 0 aliphatic heterocycles. The number of benzene rings is 2. The number of aromatic nitrogens is 2. The highest BCUT2D eigenvalue weighted by Crippen LogP contribution is 2.32. The van der Waals surface area contributed by atoms with Crippen molar-refractivity contribution in [1.82, 2.24) is 14.7 Å². The Morgan fingerprint density at radius 2 is 1.74 bits per heavy atom. The number of rotatable bonds is 7. The number of pyridine rings is 1. The highest BCUT2D eigenvalue weighted by molar-refractivity contribution is 6.00. The first kappa shape index (κ1) is 24.5. The van der Waals surface area contributed by atoms with Crippen molar-refractivity contribution in [2.75, 3.05) is 5.32 Å². The Kier molecular flexibility index (Phi) is 6.94. The fourth-order valence-electron chi connectivity index (χ4n) is 4.09. The fourth-order valence-corrected chi connectivity index (χ4v) is 4.09. The first-order valence-corrected chi connectivity index (χ1v) is 12.1. The number of hydrogen-bond acceptors (Lipinski definition) is 4. The summed E-state index contributed by atoms with van der Waals surface area (Å²) in [7, 11) is 0. The van der Waals surface area contributed by atoms with E-state index in [1.165, 1.54) is 5.56 Å². The van der Waals surface area contributed by atoms with E-state index in [2.05, 4.69) is 69.5 Å².